The number of nitrogens with one attached hydrogen (secondary N) is 2. The van der Waals surface area contributed by atoms with Crippen molar-refractivity contribution in [1.29, 1.82) is 0 Å². The van der Waals surface area contributed by atoms with Gasteiger partial charge in [-0.05, 0) is 50.1 Å². The number of rotatable bonds is 3. The molecule has 0 radical (unpaired) electrons. The second kappa shape index (κ2) is 6.11. The van der Waals surface area contributed by atoms with Crippen LogP contribution in [0.25, 0.3) is 5.82 Å². The van der Waals surface area contributed by atoms with Crippen molar-refractivity contribution in [3.63, 3.8) is 0 Å². The first kappa shape index (κ1) is 15.7. The van der Waals surface area contributed by atoms with Gasteiger partial charge in [0.2, 0.25) is 0 Å². The van der Waals surface area contributed by atoms with Crippen LogP contribution < -0.4 is 10.9 Å². The van der Waals surface area contributed by atoms with Crippen molar-refractivity contribution in [2.45, 2.75) is 20.8 Å². The van der Waals surface area contributed by atoms with Crippen LogP contribution in [-0.2, 0) is 0 Å². The topological polar surface area (TPSA) is 92.7 Å². The van der Waals surface area contributed by atoms with E-state index in [9.17, 15) is 9.59 Å². The lowest BCUT2D eigenvalue weighted by Gasteiger charge is -2.08. The van der Waals surface area contributed by atoms with E-state index in [2.05, 4.69) is 20.6 Å². The minimum absolute atomic E-state index is 0.242. The molecule has 0 spiro atoms. The van der Waals surface area contributed by atoms with Crippen LogP contribution in [0.2, 0.25) is 0 Å². The van der Waals surface area contributed by atoms with Crippen molar-refractivity contribution in [2.24, 2.45) is 0 Å². The highest BCUT2D eigenvalue weighted by atomic mass is 16.1. The van der Waals surface area contributed by atoms with Crippen LogP contribution in [-0.4, -0.2) is 25.9 Å². The standard InChI is InChI=1S/C17H17N5O2/c1-10-6-11(2)8-13(7-10)19-17(24)14-9-18-22(12(14)3)15-4-5-16(23)21-20-15/h4-9H,1-3H3,(H,19,24)(H,21,23). The minimum Gasteiger partial charge on any atom is -0.322 e. The van der Waals surface area contributed by atoms with Crippen LogP contribution in [0.4, 0.5) is 5.69 Å². The zero-order valence-electron chi connectivity index (χ0n) is 13.6. The summed E-state index contributed by atoms with van der Waals surface area (Å²) < 4.78 is 1.51. The van der Waals surface area contributed by atoms with E-state index in [1.54, 1.807) is 13.0 Å². The molecule has 122 valence electrons. The van der Waals surface area contributed by atoms with E-state index in [4.69, 9.17) is 0 Å². The van der Waals surface area contributed by atoms with Crippen molar-refractivity contribution in [3.05, 3.63) is 69.3 Å². The zero-order chi connectivity index (χ0) is 17.3. The lowest BCUT2D eigenvalue weighted by Crippen LogP contribution is -2.14. The summed E-state index contributed by atoms with van der Waals surface area (Å²) in [7, 11) is 0. The second-order valence-electron chi connectivity index (χ2n) is 5.67. The van der Waals surface area contributed by atoms with Gasteiger partial charge in [0.1, 0.15) is 0 Å². The number of nitrogens with zero attached hydrogens (tertiary/aromatic N) is 3. The Hall–Kier alpha value is -3.22. The number of hydrogen-bond donors (Lipinski definition) is 2. The van der Waals surface area contributed by atoms with Crippen molar-refractivity contribution in [2.75, 3.05) is 5.32 Å². The summed E-state index contributed by atoms with van der Waals surface area (Å²) in [5.41, 5.74) is 3.69. The molecule has 1 amide bonds. The largest absolute Gasteiger partial charge is 0.322 e. The van der Waals surface area contributed by atoms with E-state index in [1.807, 2.05) is 32.0 Å². The summed E-state index contributed by atoms with van der Waals surface area (Å²) in [5, 5.41) is 13.3. The lowest BCUT2D eigenvalue weighted by molar-refractivity contribution is 0.102. The summed E-state index contributed by atoms with van der Waals surface area (Å²) in [4.78, 5) is 23.6. The molecule has 0 unspecified atom stereocenters. The molecule has 0 atom stereocenters. The van der Waals surface area contributed by atoms with Crippen LogP contribution in [0.1, 0.15) is 27.2 Å². The molecule has 0 saturated carbocycles. The first-order chi connectivity index (χ1) is 11.4. The molecule has 0 saturated heterocycles. The zero-order valence-corrected chi connectivity index (χ0v) is 13.6. The highest BCUT2D eigenvalue weighted by molar-refractivity contribution is 6.05. The predicted molar refractivity (Wildman–Crippen MR) is 90.6 cm³/mol. The van der Waals surface area contributed by atoms with Crippen molar-refractivity contribution in [1.82, 2.24) is 20.0 Å². The quantitative estimate of drug-likeness (QED) is 0.772. The van der Waals surface area contributed by atoms with Gasteiger partial charge in [0.15, 0.2) is 5.82 Å². The SMILES string of the molecule is Cc1cc(C)cc(NC(=O)c2cnn(-c3ccc(=O)[nH]n3)c2C)c1. The maximum absolute atomic E-state index is 12.5. The fourth-order valence-electron chi connectivity index (χ4n) is 2.56. The van der Waals surface area contributed by atoms with Crippen LogP contribution in [0.3, 0.4) is 0 Å². The molecule has 3 aromatic rings. The lowest BCUT2D eigenvalue weighted by atomic mass is 10.1. The monoisotopic (exact) mass is 323 g/mol. The van der Waals surface area contributed by atoms with E-state index in [0.29, 0.717) is 17.1 Å². The molecular weight excluding hydrogens is 306 g/mol. The van der Waals surface area contributed by atoms with Gasteiger partial charge in [0.05, 0.1) is 17.5 Å². The molecule has 0 aliphatic rings. The summed E-state index contributed by atoms with van der Waals surface area (Å²) in [6.07, 6.45) is 1.49. The highest BCUT2D eigenvalue weighted by Crippen LogP contribution is 2.17. The first-order valence-corrected chi connectivity index (χ1v) is 7.44. The molecule has 0 aliphatic heterocycles. The Morgan fingerprint density at radius 2 is 1.83 bits per heavy atom. The summed E-state index contributed by atoms with van der Waals surface area (Å²) in [6, 6.07) is 8.77. The van der Waals surface area contributed by atoms with Crippen LogP contribution in [0.15, 0.2) is 41.3 Å². The Morgan fingerprint density at radius 3 is 2.46 bits per heavy atom. The van der Waals surface area contributed by atoms with Crippen molar-refractivity contribution in [3.8, 4) is 5.82 Å². The Kier molecular flexibility index (Phi) is 3.99. The van der Waals surface area contributed by atoms with Crippen LogP contribution >= 0.6 is 0 Å². The normalized spacial score (nSPS) is 10.6. The molecule has 3 rings (SSSR count). The van der Waals surface area contributed by atoms with Crippen molar-refractivity contribution < 1.29 is 4.79 Å². The number of anilines is 1. The fraction of sp³-hybridized carbons (Fsp3) is 0.176. The van der Waals surface area contributed by atoms with Gasteiger partial charge in [0, 0.05) is 11.8 Å². The van der Waals surface area contributed by atoms with Gasteiger partial charge in [-0.15, -0.1) is 0 Å². The van der Waals surface area contributed by atoms with E-state index in [1.165, 1.54) is 16.9 Å². The van der Waals surface area contributed by atoms with E-state index < -0.39 is 0 Å². The molecule has 1 aromatic carbocycles. The molecule has 2 N–H and O–H groups in total. The minimum atomic E-state index is -0.295. The third kappa shape index (κ3) is 3.10. The van der Waals surface area contributed by atoms with Gasteiger partial charge in [-0.3, -0.25) is 9.59 Å². The summed E-state index contributed by atoms with van der Waals surface area (Å²) in [5.74, 6) is 0.200. The number of amides is 1. The molecule has 24 heavy (non-hydrogen) atoms. The molecule has 0 bridgehead atoms. The summed E-state index contributed by atoms with van der Waals surface area (Å²) >= 11 is 0. The Balaban J connectivity index is 1.88. The number of aromatic nitrogens is 4. The number of aryl methyl sites for hydroxylation is 2. The molecule has 7 heteroatoms. The molecule has 2 heterocycles. The molecular formula is C17H17N5O2. The van der Waals surface area contributed by atoms with Crippen LogP contribution in [0, 0.1) is 20.8 Å². The fourth-order valence-corrected chi connectivity index (χ4v) is 2.56. The molecule has 7 nitrogen and oxygen atoms in total. The number of carbonyl (C=O) groups is 1. The number of carbonyl (C=O) groups excluding carboxylic acids is 1. The molecule has 0 fully saturated rings. The Bertz CT molecular complexity index is 931. The number of aromatic amines is 1. The summed E-state index contributed by atoms with van der Waals surface area (Å²) in [6.45, 7) is 5.73. The molecule has 0 aliphatic carbocycles. The van der Waals surface area contributed by atoms with E-state index in [-0.39, 0.29) is 11.5 Å². The van der Waals surface area contributed by atoms with Gasteiger partial charge in [-0.25, -0.2) is 9.78 Å². The number of H-pyrrole nitrogens is 1. The average molecular weight is 323 g/mol. The number of benzene rings is 1. The third-order valence-electron chi connectivity index (χ3n) is 3.62. The van der Waals surface area contributed by atoms with E-state index in [0.717, 1.165) is 16.8 Å². The smallest absolute Gasteiger partial charge is 0.264 e. The van der Waals surface area contributed by atoms with Gasteiger partial charge in [-0.1, -0.05) is 6.07 Å². The molecule has 2 aromatic heterocycles. The third-order valence-corrected chi connectivity index (χ3v) is 3.62. The maximum atomic E-state index is 12.5. The van der Waals surface area contributed by atoms with Crippen LogP contribution in [0.5, 0.6) is 0 Å². The van der Waals surface area contributed by atoms with Gasteiger partial charge >= 0.3 is 0 Å². The first-order valence-electron chi connectivity index (χ1n) is 7.44. The highest BCUT2D eigenvalue weighted by Gasteiger charge is 2.16. The van der Waals surface area contributed by atoms with E-state index >= 15 is 0 Å². The predicted octanol–water partition coefficient (Wildman–Crippen LogP) is 2.13. The Morgan fingerprint density at radius 1 is 1.12 bits per heavy atom. The average Bonchev–Trinajstić information content (AvgIpc) is 2.89. The number of hydrogen-bond acceptors (Lipinski definition) is 4. The van der Waals surface area contributed by atoms with Crippen molar-refractivity contribution >= 4 is 11.6 Å². The van der Waals surface area contributed by atoms with Gasteiger partial charge < -0.3 is 5.32 Å². The van der Waals surface area contributed by atoms with Gasteiger partial charge in [-0.2, -0.15) is 10.2 Å². The maximum Gasteiger partial charge on any atom is 0.264 e. The Labute approximate surface area is 138 Å². The second-order valence-corrected chi connectivity index (χ2v) is 5.67. The van der Waals surface area contributed by atoms with Gasteiger partial charge in [0.25, 0.3) is 11.5 Å².